The second kappa shape index (κ2) is 8.15. The van der Waals surface area contributed by atoms with Gasteiger partial charge in [0.1, 0.15) is 11.6 Å². The molecule has 0 atom stereocenters. The normalized spacial score (nSPS) is 10.0. The van der Waals surface area contributed by atoms with E-state index in [1.165, 1.54) is 0 Å². The van der Waals surface area contributed by atoms with Crippen molar-refractivity contribution in [1.82, 2.24) is 5.32 Å². The van der Waals surface area contributed by atoms with Crippen molar-refractivity contribution >= 4 is 34.6 Å². The molecule has 0 aliphatic heterocycles. The highest BCUT2D eigenvalue weighted by atomic mass is 32.1. The van der Waals surface area contributed by atoms with Crippen molar-refractivity contribution in [3.05, 3.63) is 64.0 Å². The zero-order chi connectivity index (χ0) is 18.4. The number of rotatable bonds is 5. The Hall–Kier alpha value is -3.07. The van der Waals surface area contributed by atoms with E-state index in [0.29, 0.717) is 5.75 Å². The van der Waals surface area contributed by atoms with Gasteiger partial charge in [-0.3, -0.25) is 20.2 Å². The molecule has 130 valence electrons. The number of benzene rings is 2. The number of amides is 1. The predicted octanol–water partition coefficient (Wildman–Crippen LogP) is 2.93. The molecule has 0 bridgehead atoms. The van der Waals surface area contributed by atoms with Crippen molar-refractivity contribution in [2.45, 2.75) is 6.92 Å². The average molecular weight is 363 g/mol. The summed E-state index contributed by atoms with van der Waals surface area (Å²) in [5.41, 5.74) is 0.542. The first-order chi connectivity index (χ1) is 11.8. The number of nitro benzene ring substituents is 1. The molecular formula is C16H14FN3O4S. The Morgan fingerprint density at radius 2 is 1.96 bits per heavy atom. The van der Waals surface area contributed by atoms with Crippen molar-refractivity contribution in [1.29, 1.82) is 0 Å². The SMILES string of the molecule is Cc1ccc(OCC(=O)NC(=S)Nc2cc([N+](=O)[O-])ccc2F)cc1. The maximum Gasteiger partial charge on any atom is 0.271 e. The summed E-state index contributed by atoms with van der Waals surface area (Å²) in [5.74, 6) is -0.772. The van der Waals surface area contributed by atoms with E-state index in [9.17, 15) is 19.3 Å². The molecule has 2 N–H and O–H groups in total. The minimum absolute atomic E-state index is 0.197. The molecule has 0 aliphatic rings. The van der Waals surface area contributed by atoms with E-state index in [1.54, 1.807) is 12.1 Å². The van der Waals surface area contributed by atoms with Gasteiger partial charge in [0.2, 0.25) is 0 Å². The van der Waals surface area contributed by atoms with Crippen LogP contribution in [-0.2, 0) is 4.79 Å². The molecule has 0 unspecified atom stereocenters. The number of hydrogen-bond donors (Lipinski definition) is 2. The molecule has 2 aromatic rings. The highest BCUT2D eigenvalue weighted by Gasteiger charge is 2.13. The second-order valence-corrected chi connectivity index (χ2v) is 5.43. The van der Waals surface area contributed by atoms with Gasteiger partial charge in [-0.05, 0) is 37.3 Å². The van der Waals surface area contributed by atoms with Crippen LogP contribution in [0.3, 0.4) is 0 Å². The summed E-state index contributed by atoms with van der Waals surface area (Å²) in [7, 11) is 0. The molecule has 0 heterocycles. The Balaban J connectivity index is 1.89. The van der Waals surface area contributed by atoms with Crippen LogP contribution < -0.4 is 15.4 Å². The zero-order valence-electron chi connectivity index (χ0n) is 13.1. The number of carbonyl (C=O) groups excluding carboxylic acids is 1. The van der Waals surface area contributed by atoms with Crippen LogP contribution in [0.2, 0.25) is 0 Å². The van der Waals surface area contributed by atoms with Gasteiger partial charge in [-0.2, -0.15) is 0 Å². The molecule has 0 aliphatic carbocycles. The van der Waals surface area contributed by atoms with Gasteiger partial charge < -0.3 is 10.1 Å². The minimum Gasteiger partial charge on any atom is -0.484 e. The monoisotopic (exact) mass is 363 g/mol. The lowest BCUT2D eigenvalue weighted by molar-refractivity contribution is -0.384. The summed E-state index contributed by atoms with van der Waals surface area (Å²) in [6, 6.07) is 10.1. The summed E-state index contributed by atoms with van der Waals surface area (Å²) in [5, 5.41) is 15.2. The third kappa shape index (κ3) is 5.50. The highest BCUT2D eigenvalue weighted by molar-refractivity contribution is 7.80. The van der Waals surface area contributed by atoms with Crippen LogP contribution in [0.15, 0.2) is 42.5 Å². The van der Waals surface area contributed by atoms with E-state index in [0.717, 1.165) is 23.8 Å². The van der Waals surface area contributed by atoms with E-state index >= 15 is 0 Å². The van der Waals surface area contributed by atoms with E-state index in [2.05, 4.69) is 10.6 Å². The largest absolute Gasteiger partial charge is 0.484 e. The van der Waals surface area contributed by atoms with Crippen molar-refractivity contribution in [2.75, 3.05) is 11.9 Å². The van der Waals surface area contributed by atoms with Crippen molar-refractivity contribution in [3.8, 4) is 5.75 Å². The number of non-ortho nitro benzene ring substituents is 1. The number of nitrogens with one attached hydrogen (secondary N) is 2. The van der Waals surface area contributed by atoms with Crippen LogP contribution in [0.5, 0.6) is 5.75 Å². The van der Waals surface area contributed by atoms with Gasteiger partial charge >= 0.3 is 0 Å². The third-order valence-corrected chi connectivity index (χ3v) is 3.26. The van der Waals surface area contributed by atoms with Gasteiger partial charge in [0.25, 0.3) is 11.6 Å². The first-order valence-corrected chi connectivity index (χ1v) is 7.50. The molecule has 1 amide bonds. The van der Waals surface area contributed by atoms with Gasteiger partial charge in [-0.1, -0.05) is 17.7 Å². The van der Waals surface area contributed by atoms with Crippen LogP contribution in [0.1, 0.15) is 5.56 Å². The van der Waals surface area contributed by atoms with Gasteiger partial charge in [0.15, 0.2) is 11.7 Å². The van der Waals surface area contributed by atoms with Gasteiger partial charge in [0.05, 0.1) is 10.6 Å². The molecule has 0 saturated heterocycles. The lowest BCUT2D eigenvalue weighted by atomic mass is 10.2. The molecule has 0 fully saturated rings. The summed E-state index contributed by atoms with van der Waals surface area (Å²) in [4.78, 5) is 21.8. The number of nitrogens with zero attached hydrogens (tertiary/aromatic N) is 1. The van der Waals surface area contributed by atoms with Crippen LogP contribution in [-0.4, -0.2) is 22.5 Å². The summed E-state index contributed by atoms with van der Waals surface area (Å²) >= 11 is 4.89. The van der Waals surface area contributed by atoms with Gasteiger partial charge in [0, 0.05) is 12.1 Å². The lowest BCUT2D eigenvalue weighted by Crippen LogP contribution is -2.37. The molecule has 0 radical (unpaired) electrons. The Morgan fingerprint density at radius 3 is 2.60 bits per heavy atom. The molecule has 7 nitrogen and oxygen atoms in total. The summed E-state index contributed by atoms with van der Waals surface area (Å²) in [6.07, 6.45) is 0. The van der Waals surface area contributed by atoms with E-state index < -0.39 is 16.6 Å². The fourth-order valence-electron chi connectivity index (χ4n) is 1.82. The molecule has 2 aromatic carbocycles. The summed E-state index contributed by atoms with van der Waals surface area (Å²) < 4.78 is 18.9. The van der Waals surface area contributed by atoms with E-state index in [-0.39, 0.29) is 23.1 Å². The fraction of sp³-hybridized carbons (Fsp3) is 0.125. The topological polar surface area (TPSA) is 93.5 Å². The number of anilines is 1. The van der Waals surface area contributed by atoms with Crippen LogP contribution in [0, 0.1) is 22.9 Å². The van der Waals surface area contributed by atoms with E-state index in [1.807, 2.05) is 19.1 Å². The standard InChI is InChI=1S/C16H14FN3O4S/c1-10-2-5-12(6-3-10)24-9-15(21)19-16(25)18-14-8-11(20(22)23)4-7-13(14)17/h2-8H,9H2,1H3,(H2,18,19,21,25). The van der Waals surface area contributed by atoms with Crippen molar-refractivity contribution in [2.24, 2.45) is 0 Å². The van der Waals surface area contributed by atoms with Crippen molar-refractivity contribution < 1.29 is 18.8 Å². The van der Waals surface area contributed by atoms with Crippen LogP contribution >= 0.6 is 12.2 Å². The van der Waals surface area contributed by atoms with Crippen molar-refractivity contribution in [3.63, 3.8) is 0 Å². The van der Waals surface area contributed by atoms with Gasteiger partial charge in [-0.15, -0.1) is 0 Å². The number of hydrogen-bond acceptors (Lipinski definition) is 5. The molecule has 0 aromatic heterocycles. The average Bonchev–Trinajstić information content (AvgIpc) is 2.56. The highest BCUT2D eigenvalue weighted by Crippen LogP contribution is 2.21. The third-order valence-electron chi connectivity index (χ3n) is 3.05. The van der Waals surface area contributed by atoms with Crippen LogP contribution in [0.25, 0.3) is 0 Å². The summed E-state index contributed by atoms with van der Waals surface area (Å²) in [6.45, 7) is 1.63. The quantitative estimate of drug-likeness (QED) is 0.482. The second-order valence-electron chi connectivity index (χ2n) is 5.03. The smallest absolute Gasteiger partial charge is 0.271 e. The number of thiocarbonyl (C=S) groups is 1. The molecule has 25 heavy (non-hydrogen) atoms. The Bertz CT molecular complexity index is 812. The number of ether oxygens (including phenoxy) is 1. The Morgan fingerprint density at radius 1 is 1.28 bits per heavy atom. The first kappa shape index (κ1) is 18.3. The maximum atomic E-state index is 13.7. The molecule has 0 saturated carbocycles. The van der Waals surface area contributed by atoms with Gasteiger partial charge in [-0.25, -0.2) is 4.39 Å². The fourth-order valence-corrected chi connectivity index (χ4v) is 2.05. The molecular weight excluding hydrogens is 349 g/mol. The number of carbonyl (C=O) groups is 1. The minimum atomic E-state index is -0.738. The lowest BCUT2D eigenvalue weighted by Gasteiger charge is -2.11. The maximum absolute atomic E-state index is 13.7. The number of halogens is 1. The molecule has 2 rings (SSSR count). The Labute approximate surface area is 148 Å². The number of aryl methyl sites for hydroxylation is 1. The Kier molecular flexibility index (Phi) is 5.96. The first-order valence-electron chi connectivity index (χ1n) is 7.09. The van der Waals surface area contributed by atoms with Crippen LogP contribution in [0.4, 0.5) is 15.8 Å². The predicted molar refractivity (Wildman–Crippen MR) is 94.1 cm³/mol. The number of nitro groups is 1. The molecule has 0 spiro atoms. The molecule has 9 heteroatoms. The zero-order valence-corrected chi connectivity index (χ0v) is 13.9. The van der Waals surface area contributed by atoms with E-state index in [4.69, 9.17) is 17.0 Å².